The van der Waals surface area contributed by atoms with E-state index >= 15 is 0 Å². The van der Waals surface area contributed by atoms with Crippen LogP contribution in [-0.2, 0) is 4.79 Å². The van der Waals surface area contributed by atoms with Crippen LogP contribution in [0.25, 0.3) is 0 Å². The van der Waals surface area contributed by atoms with Gasteiger partial charge in [0.1, 0.15) is 0 Å². The molecule has 0 aromatic carbocycles. The van der Waals surface area contributed by atoms with Gasteiger partial charge in [0.15, 0.2) is 0 Å². The Kier molecular flexibility index (Phi) is 5.21. The summed E-state index contributed by atoms with van der Waals surface area (Å²) in [6, 6.07) is -0.467. The molecule has 6 heteroatoms. The Balaban J connectivity index is 2.40. The Morgan fingerprint density at radius 1 is 1.18 bits per heavy atom. The molecule has 1 aliphatic rings. The molecular weight excluding hydrogens is 220 g/mol. The number of nitrogens with one attached hydrogen (secondary N) is 1. The molecule has 0 radical (unpaired) electrons. The van der Waals surface area contributed by atoms with Gasteiger partial charge in [0.2, 0.25) is 5.91 Å². The topological polar surface area (TPSA) is 78.7 Å². The van der Waals surface area contributed by atoms with Crippen LogP contribution in [-0.4, -0.2) is 60.5 Å². The van der Waals surface area contributed by atoms with Gasteiger partial charge in [-0.3, -0.25) is 4.79 Å². The number of urea groups is 1. The predicted molar refractivity (Wildman–Crippen MR) is 65.5 cm³/mol. The first-order chi connectivity index (χ1) is 8.10. The molecule has 6 nitrogen and oxygen atoms in total. The van der Waals surface area contributed by atoms with Gasteiger partial charge in [-0.05, 0) is 13.3 Å². The molecule has 1 atom stereocenters. The zero-order chi connectivity index (χ0) is 12.8. The lowest BCUT2D eigenvalue weighted by Gasteiger charge is -2.35. The maximum Gasteiger partial charge on any atom is 0.317 e. The van der Waals surface area contributed by atoms with Gasteiger partial charge in [0.25, 0.3) is 0 Å². The minimum atomic E-state index is -0.411. The van der Waals surface area contributed by atoms with Crippen LogP contribution in [0.4, 0.5) is 4.79 Å². The Hall–Kier alpha value is -1.30. The van der Waals surface area contributed by atoms with Crippen molar-refractivity contribution in [1.82, 2.24) is 15.1 Å². The van der Waals surface area contributed by atoms with Gasteiger partial charge < -0.3 is 20.9 Å². The van der Waals surface area contributed by atoms with Crippen molar-refractivity contribution in [3.63, 3.8) is 0 Å². The molecule has 0 aromatic heterocycles. The summed E-state index contributed by atoms with van der Waals surface area (Å²) in [4.78, 5) is 26.8. The summed E-state index contributed by atoms with van der Waals surface area (Å²) in [5, 5.41) is 2.75. The molecule has 0 aliphatic carbocycles. The Morgan fingerprint density at radius 3 is 2.18 bits per heavy atom. The van der Waals surface area contributed by atoms with Gasteiger partial charge in [-0.15, -0.1) is 0 Å². The maximum atomic E-state index is 11.8. The van der Waals surface area contributed by atoms with Gasteiger partial charge in [0, 0.05) is 32.7 Å². The Labute approximate surface area is 102 Å². The summed E-state index contributed by atoms with van der Waals surface area (Å²) in [6.45, 7) is 6.71. The van der Waals surface area contributed by atoms with Gasteiger partial charge in [-0.1, -0.05) is 6.92 Å². The van der Waals surface area contributed by atoms with Gasteiger partial charge >= 0.3 is 6.03 Å². The van der Waals surface area contributed by atoms with Crippen molar-refractivity contribution < 1.29 is 9.59 Å². The lowest BCUT2D eigenvalue weighted by Crippen LogP contribution is -2.55. The summed E-state index contributed by atoms with van der Waals surface area (Å²) in [5.74, 6) is -0.0111. The van der Waals surface area contributed by atoms with Crippen LogP contribution in [0.3, 0.4) is 0 Å². The first kappa shape index (κ1) is 13.8. The molecule has 1 rings (SSSR count). The number of nitrogens with two attached hydrogens (primary N) is 1. The van der Waals surface area contributed by atoms with Crippen LogP contribution in [0.5, 0.6) is 0 Å². The van der Waals surface area contributed by atoms with E-state index in [9.17, 15) is 9.59 Å². The van der Waals surface area contributed by atoms with Crippen LogP contribution < -0.4 is 11.1 Å². The second-order valence-electron chi connectivity index (χ2n) is 4.16. The van der Waals surface area contributed by atoms with Crippen molar-refractivity contribution in [3.8, 4) is 0 Å². The monoisotopic (exact) mass is 242 g/mol. The number of amides is 3. The number of carbonyl (C=O) groups excluding carboxylic acids is 2. The first-order valence-electron chi connectivity index (χ1n) is 6.17. The molecular formula is C11H22N4O2. The third kappa shape index (κ3) is 3.59. The number of carbonyl (C=O) groups is 2. The summed E-state index contributed by atoms with van der Waals surface area (Å²) in [6.07, 6.45) is 0.648. The van der Waals surface area contributed by atoms with Gasteiger partial charge in [0.05, 0.1) is 6.04 Å². The highest BCUT2D eigenvalue weighted by molar-refractivity contribution is 5.82. The van der Waals surface area contributed by atoms with Crippen molar-refractivity contribution in [1.29, 1.82) is 0 Å². The molecule has 0 aromatic rings. The van der Waals surface area contributed by atoms with E-state index < -0.39 is 6.04 Å². The van der Waals surface area contributed by atoms with Crippen LogP contribution in [0.15, 0.2) is 0 Å². The zero-order valence-corrected chi connectivity index (χ0v) is 10.6. The first-order valence-corrected chi connectivity index (χ1v) is 6.17. The van der Waals surface area contributed by atoms with Crippen LogP contribution in [0.1, 0.15) is 20.3 Å². The lowest BCUT2D eigenvalue weighted by atomic mass is 10.2. The van der Waals surface area contributed by atoms with E-state index in [1.54, 1.807) is 9.80 Å². The number of rotatable bonds is 3. The summed E-state index contributed by atoms with van der Waals surface area (Å²) < 4.78 is 0. The number of piperazine rings is 1. The summed E-state index contributed by atoms with van der Waals surface area (Å²) >= 11 is 0. The maximum absolute atomic E-state index is 11.8. The quantitative estimate of drug-likeness (QED) is 0.706. The lowest BCUT2D eigenvalue weighted by molar-refractivity contribution is -0.134. The summed E-state index contributed by atoms with van der Waals surface area (Å²) in [5.41, 5.74) is 5.71. The molecule has 0 unspecified atom stereocenters. The minimum absolute atomic E-state index is 0.0111. The van der Waals surface area contributed by atoms with Crippen molar-refractivity contribution in [2.24, 2.45) is 5.73 Å². The molecule has 1 heterocycles. The van der Waals surface area contributed by atoms with Crippen molar-refractivity contribution >= 4 is 11.9 Å². The summed E-state index contributed by atoms with van der Waals surface area (Å²) in [7, 11) is 0. The average molecular weight is 242 g/mol. The molecule has 1 fully saturated rings. The fourth-order valence-electron chi connectivity index (χ4n) is 1.80. The Bertz CT molecular complexity index is 275. The van der Waals surface area contributed by atoms with Crippen molar-refractivity contribution in [2.45, 2.75) is 26.3 Å². The highest BCUT2D eigenvalue weighted by Crippen LogP contribution is 2.04. The fraction of sp³-hybridized carbons (Fsp3) is 0.818. The fourth-order valence-corrected chi connectivity index (χ4v) is 1.80. The van der Waals surface area contributed by atoms with Crippen LogP contribution in [0.2, 0.25) is 0 Å². The van der Waals surface area contributed by atoms with Crippen molar-refractivity contribution in [2.75, 3.05) is 32.7 Å². The SMILES string of the molecule is CCNC(=O)N1CCN(C(=O)[C@@H](N)CC)CC1. The second kappa shape index (κ2) is 6.44. The number of hydrogen-bond donors (Lipinski definition) is 2. The van der Waals surface area contributed by atoms with E-state index in [0.29, 0.717) is 39.1 Å². The molecule has 1 aliphatic heterocycles. The normalized spacial score (nSPS) is 17.8. The molecule has 1 saturated heterocycles. The third-order valence-electron chi connectivity index (χ3n) is 2.96. The highest BCUT2D eigenvalue weighted by atomic mass is 16.2. The molecule has 3 amide bonds. The van der Waals surface area contributed by atoms with Gasteiger partial charge in [-0.25, -0.2) is 4.79 Å². The highest BCUT2D eigenvalue weighted by Gasteiger charge is 2.25. The van der Waals surface area contributed by atoms with E-state index in [2.05, 4.69) is 5.32 Å². The molecule has 98 valence electrons. The zero-order valence-electron chi connectivity index (χ0n) is 10.6. The molecule has 0 spiro atoms. The Morgan fingerprint density at radius 2 is 1.71 bits per heavy atom. The van der Waals surface area contributed by atoms with E-state index in [4.69, 9.17) is 5.73 Å². The standard InChI is InChI=1S/C11H22N4O2/c1-3-9(12)10(16)14-5-7-15(8-6-14)11(17)13-4-2/h9H,3-8,12H2,1-2H3,(H,13,17)/t9-/m0/s1. The second-order valence-corrected chi connectivity index (χ2v) is 4.16. The van der Waals surface area contributed by atoms with Crippen LogP contribution >= 0.6 is 0 Å². The smallest absolute Gasteiger partial charge is 0.317 e. The average Bonchev–Trinajstić information content (AvgIpc) is 2.37. The van der Waals surface area contributed by atoms with E-state index in [-0.39, 0.29) is 11.9 Å². The third-order valence-corrected chi connectivity index (χ3v) is 2.96. The van der Waals surface area contributed by atoms with E-state index in [1.165, 1.54) is 0 Å². The predicted octanol–water partition coefficient (Wildman–Crippen LogP) is -0.403. The van der Waals surface area contributed by atoms with E-state index in [1.807, 2.05) is 13.8 Å². The molecule has 0 saturated carbocycles. The minimum Gasteiger partial charge on any atom is -0.338 e. The number of nitrogens with zero attached hydrogens (tertiary/aromatic N) is 2. The molecule has 17 heavy (non-hydrogen) atoms. The van der Waals surface area contributed by atoms with E-state index in [0.717, 1.165) is 0 Å². The molecule has 3 N–H and O–H groups in total. The van der Waals surface area contributed by atoms with Crippen molar-refractivity contribution in [3.05, 3.63) is 0 Å². The molecule has 0 bridgehead atoms. The van der Waals surface area contributed by atoms with Gasteiger partial charge in [-0.2, -0.15) is 0 Å². The van der Waals surface area contributed by atoms with Crippen LogP contribution in [0, 0.1) is 0 Å². The largest absolute Gasteiger partial charge is 0.338 e. The number of hydrogen-bond acceptors (Lipinski definition) is 3.